The molecule has 4 heteroatoms. The van der Waals surface area contributed by atoms with Crippen LogP contribution < -0.4 is 0 Å². The summed E-state index contributed by atoms with van der Waals surface area (Å²) in [7, 11) is 6.31. The number of aliphatic hydroxyl groups excluding tert-OH is 1. The maximum atomic E-state index is 9.38. The Hall–Kier alpha value is -0.160. The van der Waals surface area contributed by atoms with E-state index in [1.165, 1.54) is 0 Å². The number of piperazine rings is 1. The minimum absolute atomic E-state index is 0.266. The van der Waals surface area contributed by atoms with Crippen LogP contribution in [0.2, 0.25) is 0 Å². The van der Waals surface area contributed by atoms with Gasteiger partial charge in [-0.15, -0.1) is 0 Å². The topological polar surface area (TPSA) is 30.0 Å². The molecule has 1 rings (SSSR count). The van der Waals surface area contributed by atoms with Crippen LogP contribution in [0.4, 0.5) is 0 Å². The highest BCUT2D eigenvalue weighted by Gasteiger charge is 2.29. The fourth-order valence-corrected chi connectivity index (χ4v) is 2.34. The van der Waals surface area contributed by atoms with Crippen LogP contribution in [0.5, 0.6) is 0 Å². The van der Waals surface area contributed by atoms with E-state index in [0.29, 0.717) is 12.1 Å². The Morgan fingerprint density at radius 2 is 2.00 bits per heavy atom. The lowest BCUT2D eigenvalue weighted by Crippen LogP contribution is -2.59. The largest absolute Gasteiger partial charge is 0.395 e. The summed E-state index contributed by atoms with van der Waals surface area (Å²) in [5.74, 6) is 0. The molecular formula is C11H25N3O. The van der Waals surface area contributed by atoms with E-state index < -0.39 is 0 Å². The number of aliphatic hydroxyl groups is 1. The average Bonchev–Trinajstić information content (AvgIpc) is 2.14. The summed E-state index contributed by atoms with van der Waals surface area (Å²) in [5, 5.41) is 9.38. The van der Waals surface area contributed by atoms with Gasteiger partial charge in [0.1, 0.15) is 0 Å². The van der Waals surface area contributed by atoms with E-state index in [-0.39, 0.29) is 6.61 Å². The second-order valence-corrected chi connectivity index (χ2v) is 4.95. The van der Waals surface area contributed by atoms with Gasteiger partial charge in [0.15, 0.2) is 0 Å². The zero-order chi connectivity index (χ0) is 11.4. The van der Waals surface area contributed by atoms with Gasteiger partial charge in [0.2, 0.25) is 0 Å². The minimum Gasteiger partial charge on any atom is -0.395 e. The van der Waals surface area contributed by atoms with Crippen LogP contribution in [-0.2, 0) is 0 Å². The molecule has 0 radical (unpaired) electrons. The van der Waals surface area contributed by atoms with Crippen molar-refractivity contribution in [3.05, 3.63) is 0 Å². The predicted octanol–water partition coefficient (Wildman–Crippen LogP) is -0.455. The van der Waals surface area contributed by atoms with Crippen LogP contribution in [0.25, 0.3) is 0 Å². The molecule has 1 fully saturated rings. The molecule has 0 amide bonds. The van der Waals surface area contributed by atoms with E-state index in [0.717, 1.165) is 26.2 Å². The van der Waals surface area contributed by atoms with Crippen LogP contribution in [-0.4, -0.2) is 85.8 Å². The van der Waals surface area contributed by atoms with Gasteiger partial charge in [0.25, 0.3) is 0 Å². The van der Waals surface area contributed by atoms with E-state index in [1.54, 1.807) is 0 Å². The average molecular weight is 215 g/mol. The highest BCUT2D eigenvalue weighted by molar-refractivity contribution is 4.85. The first kappa shape index (κ1) is 12.9. The van der Waals surface area contributed by atoms with E-state index in [2.05, 4.69) is 42.8 Å². The van der Waals surface area contributed by atoms with Gasteiger partial charge in [0.05, 0.1) is 6.61 Å². The highest BCUT2D eigenvalue weighted by atomic mass is 16.3. The summed E-state index contributed by atoms with van der Waals surface area (Å²) in [6, 6.07) is 0.847. The molecule has 0 aromatic rings. The molecule has 2 unspecified atom stereocenters. The predicted molar refractivity (Wildman–Crippen MR) is 63.1 cm³/mol. The monoisotopic (exact) mass is 215 g/mol. The second kappa shape index (κ2) is 5.80. The third kappa shape index (κ3) is 3.72. The Labute approximate surface area is 93.5 Å². The number of rotatable bonds is 4. The van der Waals surface area contributed by atoms with Gasteiger partial charge in [-0.05, 0) is 28.1 Å². The summed E-state index contributed by atoms with van der Waals surface area (Å²) >= 11 is 0. The molecule has 1 aliphatic heterocycles. The van der Waals surface area contributed by atoms with Crippen molar-refractivity contribution < 1.29 is 5.11 Å². The summed E-state index contributed by atoms with van der Waals surface area (Å²) in [6.07, 6.45) is 0. The van der Waals surface area contributed by atoms with Crippen molar-refractivity contribution in [3.63, 3.8) is 0 Å². The minimum atomic E-state index is 0.266. The van der Waals surface area contributed by atoms with Crippen LogP contribution in [0.1, 0.15) is 6.92 Å². The number of hydrogen-bond acceptors (Lipinski definition) is 4. The van der Waals surface area contributed by atoms with Crippen molar-refractivity contribution in [3.8, 4) is 0 Å². The normalized spacial score (nSPS) is 30.0. The summed E-state index contributed by atoms with van der Waals surface area (Å²) < 4.78 is 0. The Morgan fingerprint density at radius 3 is 2.53 bits per heavy atom. The molecule has 0 spiro atoms. The lowest BCUT2D eigenvalue weighted by molar-refractivity contribution is 0.0111. The fourth-order valence-electron chi connectivity index (χ4n) is 2.34. The molecule has 1 aliphatic rings. The highest BCUT2D eigenvalue weighted by Crippen LogP contribution is 2.13. The zero-order valence-corrected chi connectivity index (χ0v) is 10.5. The summed E-state index contributed by atoms with van der Waals surface area (Å²) in [4.78, 5) is 6.93. The Bertz CT molecular complexity index is 187. The van der Waals surface area contributed by atoms with Crippen LogP contribution in [0.15, 0.2) is 0 Å². The third-order valence-corrected chi connectivity index (χ3v) is 3.15. The molecule has 4 nitrogen and oxygen atoms in total. The van der Waals surface area contributed by atoms with E-state index in [1.807, 2.05) is 0 Å². The number of likely N-dealkylation sites (N-methyl/N-ethyl adjacent to an activating group) is 2. The quantitative estimate of drug-likeness (QED) is 0.688. The Morgan fingerprint density at radius 1 is 1.33 bits per heavy atom. The van der Waals surface area contributed by atoms with E-state index in [9.17, 15) is 5.11 Å². The molecule has 2 atom stereocenters. The molecule has 1 heterocycles. The lowest BCUT2D eigenvalue weighted by Gasteiger charge is -2.44. The molecule has 15 heavy (non-hydrogen) atoms. The van der Waals surface area contributed by atoms with Gasteiger partial charge >= 0.3 is 0 Å². The van der Waals surface area contributed by atoms with Gasteiger partial charge < -0.3 is 14.9 Å². The smallest absolute Gasteiger partial charge is 0.0599 e. The fraction of sp³-hybridized carbons (Fsp3) is 1.00. The Kier molecular flexibility index (Phi) is 4.99. The van der Waals surface area contributed by atoms with Crippen molar-refractivity contribution in [2.24, 2.45) is 0 Å². The first-order valence-electron chi connectivity index (χ1n) is 5.74. The van der Waals surface area contributed by atoms with Crippen molar-refractivity contribution >= 4 is 0 Å². The van der Waals surface area contributed by atoms with Crippen molar-refractivity contribution in [2.45, 2.75) is 19.0 Å². The Balaban J connectivity index is 2.50. The first-order valence-corrected chi connectivity index (χ1v) is 5.74. The molecule has 0 aromatic carbocycles. The van der Waals surface area contributed by atoms with Gasteiger partial charge in [-0.2, -0.15) is 0 Å². The van der Waals surface area contributed by atoms with Gasteiger partial charge in [-0.1, -0.05) is 0 Å². The van der Waals surface area contributed by atoms with Crippen LogP contribution in [0.3, 0.4) is 0 Å². The first-order chi connectivity index (χ1) is 7.04. The maximum absolute atomic E-state index is 9.38. The molecule has 90 valence electrons. The SMILES string of the molecule is CC1CN(C)CC(CO)N1CCN(C)C. The van der Waals surface area contributed by atoms with Gasteiger partial charge in [-0.25, -0.2) is 0 Å². The number of nitrogens with zero attached hydrogens (tertiary/aromatic N) is 3. The van der Waals surface area contributed by atoms with E-state index in [4.69, 9.17) is 0 Å². The zero-order valence-electron chi connectivity index (χ0n) is 10.5. The molecule has 0 bridgehead atoms. The molecular weight excluding hydrogens is 190 g/mol. The molecule has 0 aromatic heterocycles. The van der Waals surface area contributed by atoms with Crippen molar-refractivity contribution in [1.82, 2.24) is 14.7 Å². The second-order valence-electron chi connectivity index (χ2n) is 4.95. The standard InChI is InChI=1S/C11H25N3O/c1-10-7-13(4)8-11(9-15)14(10)6-5-12(2)3/h10-11,15H,5-9H2,1-4H3. The molecule has 0 aliphatic carbocycles. The summed E-state index contributed by atoms with van der Waals surface area (Å²) in [6.45, 7) is 6.70. The van der Waals surface area contributed by atoms with Crippen molar-refractivity contribution in [2.75, 3.05) is 53.9 Å². The van der Waals surface area contributed by atoms with Crippen molar-refractivity contribution in [1.29, 1.82) is 0 Å². The van der Waals surface area contributed by atoms with Gasteiger partial charge in [0, 0.05) is 38.3 Å². The summed E-state index contributed by atoms with van der Waals surface area (Å²) in [5.41, 5.74) is 0. The maximum Gasteiger partial charge on any atom is 0.0599 e. The lowest BCUT2D eigenvalue weighted by atomic mass is 10.1. The molecule has 0 saturated carbocycles. The third-order valence-electron chi connectivity index (χ3n) is 3.15. The van der Waals surface area contributed by atoms with Crippen LogP contribution in [0, 0.1) is 0 Å². The van der Waals surface area contributed by atoms with Crippen LogP contribution >= 0.6 is 0 Å². The number of hydrogen-bond donors (Lipinski definition) is 1. The molecule has 1 saturated heterocycles. The van der Waals surface area contributed by atoms with E-state index >= 15 is 0 Å². The van der Waals surface area contributed by atoms with Gasteiger partial charge in [-0.3, -0.25) is 4.90 Å². The molecule has 1 N–H and O–H groups in total.